The van der Waals surface area contributed by atoms with Crippen molar-refractivity contribution in [1.82, 2.24) is 0 Å². The zero-order chi connectivity index (χ0) is 10.9. The van der Waals surface area contributed by atoms with Crippen LogP contribution in [0.3, 0.4) is 0 Å². The Morgan fingerprint density at radius 3 is 2.60 bits per heavy atom. The van der Waals surface area contributed by atoms with Gasteiger partial charge < -0.3 is 0 Å². The molecule has 15 heavy (non-hydrogen) atoms. The zero-order valence-electron chi connectivity index (χ0n) is 9.19. The second-order valence-electron chi connectivity index (χ2n) is 3.51. The van der Waals surface area contributed by atoms with Crippen LogP contribution in [0.15, 0.2) is 35.7 Å². The second-order valence-corrected chi connectivity index (χ2v) is 4.95. The van der Waals surface area contributed by atoms with Crippen LogP contribution in [0.25, 0.3) is 6.08 Å². The number of benzene rings is 1. The topological polar surface area (TPSA) is 17.1 Å². The molecular weight excluding hydrogens is 204 g/mol. The fourth-order valence-corrected chi connectivity index (χ4v) is 2.21. The number of hydrogen-bond donors (Lipinski definition) is 0. The predicted octanol–water partition coefficient (Wildman–Crippen LogP) is 3.60. The van der Waals surface area contributed by atoms with Crippen molar-refractivity contribution in [2.75, 3.05) is 5.75 Å². The summed E-state index contributed by atoms with van der Waals surface area (Å²) < 4.78 is 11.5. The molecule has 0 aliphatic rings. The summed E-state index contributed by atoms with van der Waals surface area (Å²) in [5.41, 5.74) is 1.11. The SMILES string of the molecule is CCCCCS(=O)/C=C\c1ccccc1. The largest absolute Gasteiger partial charge is 0.255 e. The molecule has 0 N–H and O–H groups in total. The molecule has 2 heteroatoms. The van der Waals surface area contributed by atoms with Crippen molar-refractivity contribution in [3.63, 3.8) is 0 Å². The molecule has 0 aliphatic heterocycles. The molecule has 1 unspecified atom stereocenters. The summed E-state index contributed by atoms with van der Waals surface area (Å²) in [6, 6.07) is 9.98. The van der Waals surface area contributed by atoms with E-state index in [1.807, 2.05) is 36.4 Å². The van der Waals surface area contributed by atoms with Gasteiger partial charge in [-0.15, -0.1) is 0 Å². The number of unbranched alkanes of at least 4 members (excludes halogenated alkanes) is 2. The third-order valence-corrected chi connectivity index (χ3v) is 3.29. The highest BCUT2D eigenvalue weighted by Crippen LogP contribution is 2.03. The van der Waals surface area contributed by atoms with Crippen LogP contribution in [-0.4, -0.2) is 9.96 Å². The molecule has 1 nitrogen and oxygen atoms in total. The lowest BCUT2D eigenvalue weighted by atomic mass is 10.2. The van der Waals surface area contributed by atoms with Crippen LogP contribution in [0.2, 0.25) is 0 Å². The van der Waals surface area contributed by atoms with Gasteiger partial charge in [-0.2, -0.15) is 0 Å². The fraction of sp³-hybridized carbons (Fsp3) is 0.385. The summed E-state index contributed by atoms with van der Waals surface area (Å²) in [4.78, 5) is 0. The molecule has 1 atom stereocenters. The maximum Gasteiger partial charge on any atom is 0.0456 e. The molecule has 0 bridgehead atoms. The van der Waals surface area contributed by atoms with Crippen molar-refractivity contribution in [1.29, 1.82) is 0 Å². The first-order chi connectivity index (χ1) is 7.33. The molecule has 0 amide bonds. The van der Waals surface area contributed by atoms with Crippen LogP contribution < -0.4 is 0 Å². The van der Waals surface area contributed by atoms with Gasteiger partial charge >= 0.3 is 0 Å². The molecule has 0 radical (unpaired) electrons. The van der Waals surface area contributed by atoms with E-state index in [1.165, 1.54) is 12.8 Å². The Kier molecular flexibility index (Phi) is 6.02. The zero-order valence-corrected chi connectivity index (χ0v) is 10.0. The van der Waals surface area contributed by atoms with Crippen molar-refractivity contribution in [2.24, 2.45) is 0 Å². The molecule has 1 aromatic carbocycles. The molecule has 1 aromatic rings. The third kappa shape index (κ3) is 5.53. The van der Waals surface area contributed by atoms with Gasteiger partial charge in [-0.25, -0.2) is 0 Å². The van der Waals surface area contributed by atoms with Crippen molar-refractivity contribution >= 4 is 16.9 Å². The van der Waals surface area contributed by atoms with Gasteiger partial charge in [0, 0.05) is 22.0 Å². The monoisotopic (exact) mass is 222 g/mol. The molecule has 0 saturated heterocycles. The first kappa shape index (κ1) is 12.2. The molecule has 0 heterocycles. The molecule has 0 fully saturated rings. The number of rotatable bonds is 6. The minimum absolute atomic E-state index is 0.789. The molecule has 0 spiro atoms. The molecule has 1 rings (SSSR count). The summed E-state index contributed by atoms with van der Waals surface area (Å²) in [6.07, 6.45) is 5.34. The van der Waals surface area contributed by atoms with Gasteiger partial charge in [-0.1, -0.05) is 50.1 Å². The predicted molar refractivity (Wildman–Crippen MR) is 68.0 cm³/mol. The Morgan fingerprint density at radius 1 is 1.20 bits per heavy atom. The highest BCUT2D eigenvalue weighted by Gasteiger charge is 1.93. The smallest absolute Gasteiger partial charge is 0.0456 e. The van der Waals surface area contributed by atoms with Crippen molar-refractivity contribution in [2.45, 2.75) is 26.2 Å². The van der Waals surface area contributed by atoms with E-state index >= 15 is 0 Å². The maximum atomic E-state index is 11.5. The quantitative estimate of drug-likeness (QED) is 0.672. The third-order valence-electron chi connectivity index (χ3n) is 2.16. The normalized spacial score (nSPS) is 13.1. The fourth-order valence-electron chi connectivity index (χ4n) is 1.28. The van der Waals surface area contributed by atoms with Crippen molar-refractivity contribution in [3.05, 3.63) is 41.3 Å². The first-order valence-electron chi connectivity index (χ1n) is 5.43. The molecule has 0 saturated carbocycles. The van der Waals surface area contributed by atoms with Crippen LogP contribution in [0.5, 0.6) is 0 Å². The first-order valence-corrected chi connectivity index (χ1v) is 6.81. The van der Waals surface area contributed by atoms with Crippen LogP contribution in [0, 0.1) is 0 Å². The average molecular weight is 222 g/mol. The van der Waals surface area contributed by atoms with Crippen molar-refractivity contribution < 1.29 is 4.21 Å². The maximum absolute atomic E-state index is 11.5. The Balaban J connectivity index is 2.34. The lowest BCUT2D eigenvalue weighted by Crippen LogP contribution is -1.92. The van der Waals surface area contributed by atoms with Gasteiger partial charge in [0.05, 0.1) is 0 Å². The lowest BCUT2D eigenvalue weighted by molar-refractivity contribution is 0.682. The van der Waals surface area contributed by atoms with E-state index in [0.29, 0.717) is 0 Å². The number of hydrogen-bond acceptors (Lipinski definition) is 1. The van der Waals surface area contributed by atoms with Gasteiger partial charge in [-0.05, 0) is 18.1 Å². The highest BCUT2D eigenvalue weighted by molar-refractivity contribution is 7.88. The molecule has 0 aliphatic carbocycles. The van der Waals surface area contributed by atoms with Crippen LogP contribution in [0.1, 0.15) is 31.7 Å². The Labute approximate surface area is 94.7 Å². The van der Waals surface area contributed by atoms with Gasteiger partial charge in [-0.3, -0.25) is 4.21 Å². The van der Waals surface area contributed by atoms with Gasteiger partial charge in [0.25, 0.3) is 0 Å². The lowest BCUT2D eigenvalue weighted by Gasteiger charge is -1.95. The Hall–Kier alpha value is -0.890. The van der Waals surface area contributed by atoms with E-state index in [4.69, 9.17) is 0 Å². The summed E-state index contributed by atoms with van der Waals surface area (Å²) >= 11 is 0. The van der Waals surface area contributed by atoms with E-state index in [2.05, 4.69) is 6.92 Å². The van der Waals surface area contributed by atoms with Crippen LogP contribution >= 0.6 is 0 Å². The molecular formula is C13H18OS. The highest BCUT2D eigenvalue weighted by atomic mass is 32.2. The summed E-state index contributed by atoms with van der Waals surface area (Å²) in [5, 5.41) is 1.80. The van der Waals surface area contributed by atoms with E-state index in [1.54, 1.807) is 5.41 Å². The van der Waals surface area contributed by atoms with Gasteiger partial charge in [0.15, 0.2) is 0 Å². The summed E-state index contributed by atoms with van der Waals surface area (Å²) in [6.45, 7) is 2.16. The van der Waals surface area contributed by atoms with Crippen molar-refractivity contribution in [3.8, 4) is 0 Å². The summed E-state index contributed by atoms with van der Waals surface area (Å²) in [7, 11) is -0.803. The second kappa shape index (κ2) is 7.41. The average Bonchev–Trinajstić information content (AvgIpc) is 2.28. The van der Waals surface area contributed by atoms with Gasteiger partial charge in [0.1, 0.15) is 0 Å². The van der Waals surface area contributed by atoms with Crippen LogP contribution in [-0.2, 0) is 10.8 Å². The minimum Gasteiger partial charge on any atom is -0.255 e. The van der Waals surface area contributed by atoms with E-state index < -0.39 is 10.8 Å². The Morgan fingerprint density at radius 2 is 1.93 bits per heavy atom. The van der Waals surface area contributed by atoms with E-state index in [-0.39, 0.29) is 0 Å². The molecule has 82 valence electrons. The van der Waals surface area contributed by atoms with Crippen LogP contribution in [0.4, 0.5) is 0 Å². The van der Waals surface area contributed by atoms with E-state index in [0.717, 1.165) is 17.7 Å². The standard InChI is InChI=1S/C13H18OS/c1-2-3-7-11-15(14)12-10-13-8-5-4-6-9-13/h4-6,8-10,12H,2-3,7,11H2,1H3/b12-10-. The molecule has 0 aromatic heterocycles. The Bertz CT molecular complexity index is 317. The summed E-state index contributed by atoms with van der Waals surface area (Å²) in [5.74, 6) is 0.789. The van der Waals surface area contributed by atoms with E-state index in [9.17, 15) is 4.21 Å². The van der Waals surface area contributed by atoms with Gasteiger partial charge in [0.2, 0.25) is 0 Å². The minimum atomic E-state index is -0.803.